The predicted molar refractivity (Wildman–Crippen MR) is 120 cm³/mol. The summed E-state index contributed by atoms with van der Waals surface area (Å²) in [4.78, 5) is 28.1. The first-order chi connectivity index (χ1) is 15.2. The highest BCUT2D eigenvalue weighted by Crippen LogP contribution is 2.36. The quantitative estimate of drug-likeness (QED) is 0.717. The maximum atomic E-state index is 12.3. The first kappa shape index (κ1) is 20.0. The number of piperidine rings is 1. The number of nitrogens with one attached hydrogen (secondary N) is 1. The average Bonchev–Trinajstić information content (AvgIpc) is 2.80. The van der Waals surface area contributed by atoms with Crippen molar-refractivity contribution in [3.8, 4) is 6.01 Å². The van der Waals surface area contributed by atoms with E-state index >= 15 is 0 Å². The smallest absolute Gasteiger partial charge is 0.322 e. The van der Waals surface area contributed by atoms with Gasteiger partial charge >= 0.3 is 6.01 Å². The minimum absolute atomic E-state index is 0.0991. The number of allylic oxidation sites excluding steroid dienone is 1. The number of anilines is 2. The van der Waals surface area contributed by atoms with Gasteiger partial charge in [-0.25, -0.2) is 0 Å². The molecule has 2 aromatic rings. The summed E-state index contributed by atoms with van der Waals surface area (Å²) in [6.07, 6.45) is 9.50. The molecule has 8 heteroatoms. The summed E-state index contributed by atoms with van der Waals surface area (Å²) < 4.78 is 7.30. The Morgan fingerprint density at radius 3 is 2.94 bits per heavy atom. The molecule has 2 aromatic heterocycles. The maximum absolute atomic E-state index is 12.3. The van der Waals surface area contributed by atoms with Gasteiger partial charge in [-0.1, -0.05) is 17.7 Å². The topological polar surface area (TPSA) is 85.2 Å². The van der Waals surface area contributed by atoms with Gasteiger partial charge in [0.15, 0.2) is 0 Å². The van der Waals surface area contributed by atoms with E-state index in [2.05, 4.69) is 32.3 Å². The van der Waals surface area contributed by atoms with Crippen molar-refractivity contribution < 1.29 is 4.74 Å². The second kappa shape index (κ2) is 8.69. The van der Waals surface area contributed by atoms with Crippen molar-refractivity contribution in [1.82, 2.24) is 19.5 Å². The van der Waals surface area contributed by atoms with Crippen LogP contribution in [0.25, 0.3) is 0 Å². The van der Waals surface area contributed by atoms with E-state index in [1.54, 1.807) is 13.2 Å². The Kier molecular flexibility index (Phi) is 5.61. The number of pyridine rings is 1. The van der Waals surface area contributed by atoms with E-state index in [0.29, 0.717) is 29.7 Å². The third kappa shape index (κ3) is 4.29. The Bertz CT molecular complexity index is 1030. The monoisotopic (exact) mass is 422 g/mol. The number of fused-ring (bicyclic) bond motifs is 4. The molecule has 8 nitrogen and oxygen atoms in total. The lowest BCUT2D eigenvalue weighted by Gasteiger charge is -2.42. The van der Waals surface area contributed by atoms with Crippen molar-refractivity contribution in [2.24, 2.45) is 5.92 Å². The van der Waals surface area contributed by atoms with Crippen molar-refractivity contribution in [3.63, 3.8) is 0 Å². The zero-order valence-corrected chi connectivity index (χ0v) is 18.1. The third-order valence-corrected chi connectivity index (χ3v) is 6.66. The molecule has 2 bridgehead atoms. The van der Waals surface area contributed by atoms with Gasteiger partial charge in [0, 0.05) is 43.9 Å². The molecule has 0 spiro atoms. The van der Waals surface area contributed by atoms with Gasteiger partial charge in [-0.15, -0.1) is 0 Å². The molecule has 0 amide bonds. The molecular weight excluding hydrogens is 392 g/mol. The number of rotatable bonds is 6. The SMILES string of the molecule is COc1nc(NCCC2=CCCCC2)nc(N2C[C@H]3C[C@@H](C2)c2cccc(=O)n2C3)n1. The standard InChI is InChI=1S/C23H30N6O2/c1-31-23-26-21(24-11-10-16-6-3-2-4-7-16)25-22(27-23)28-13-17-12-18(15-28)19-8-5-9-20(30)29(19)14-17/h5-6,8-9,17-18H,2-4,7,10-15H2,1H3,(H,24,25,26,27)/t17-,18+/m1/s1. The van der Waals surface area contributed by atoms with E-state index in [1.807, 2.05) is 10.6 Å². The normalized spacial score (nSPS) is 22.5. The molecule has 4 heterocycles. The van der Waals surface area contributed by atoms with E-state index in [9.17, 15) is 4.79 Å². The second-order valence-electron chi connectivity index (χ2n) is 8.83. The Morgan fingerprint density at radius 2 is 2.10 bits per heavy atom. The molecule has 1 N–H and O–H groups in total. The number of nitrogens with zero attached hydrogens (tertiary/aromatic N) is 5. The van der Waals surface area contributed by atoms with Crippen LogP contribution in [0.15, 0.2) is 34.6 Å². The summed E-state index contributed by atoms with van der Waals surface area (Å²) in [6.45, 7) is 3.18. The summed E-state index contributed by atoms with van der Waals surface area (Å²) in [5, 5.41) is 3.36. The van der Waals surface area contributed by atoms with Crippen LogP contribution in [0.1, 0.15) is 50.1 Å². The first-order valence-electron chi connectivity index (χ1n) is 11.4. The summed E-state index contributed by atoms with van der Waals surface area (Å²) >= 11 is 0. The molecule has 0 saturated carbocycles. The largest absolute Gasteiger partial charge is 0.467 e. The minimum atomic E-state index is 0.0991. The van der Waals surface area contributed by atoms with Gasteiger partial charge in [-0.2, -0.15) is 15.0 Å². The third-order valence-electron chi connectivity index (χ3n) is 6.66. The fourth-order valence-corrected chi connectivity index (χ4v) is 5.18. The van der Waals surface area contributed by atoms with E-state index in [-0.39, 0.29) is 5.56 Å². The van der Waals surface area contributed by atoms with E-state index in [0.717, 1.165) is 44.7 Å². The van der Waals surface area contributed by atoms with Crippen molar-refractivity contribution >= 4 is 11.9 Å². The van der Waals surface area contributed by atoms with Crippen LogP contribution < -0.4 is 20.5 Å². The van der Waals surface area contributed by atoms with Crippen molar-refractivity contribution in [1.29, 1.82) is 0 Å². The summed E-state index contributed by atoms with van der Waals surface area (Å²) in [7, 11) is 1.59. The van der Waals surface area contributed by atoms with Gasteiger partial charge in [-0.3, -0.25) is 4.79 Å². The Balaban J connectivity index is 1.32. The number of methoxy groups -OCH3 is 1. The highest BCUT2D eigenvalue weighted by atomic mass is 16.5. The molecule has 1 saturated heterocycles. The van der Waals surface area contributed by atoms with Crippen LogP contribution in [-0.2, 0) is 6.54 Å². The highest BCUT2D eigenvalue weighted by molar-refractivity contribution is 5.40. The van der Waals surface area contributed by atoms with Crippen LogP contribution in [0.4, 0.5) is 11.9 Å². The van der Waals surface area contributed by atoms with E-state index in [4.69, 9.17) is 9.72 Å². The lowest BCUT2D eigenvalue weighted by Crippen LogP contribution is -2.47. The van der Waals surface area contributed by atoms with Gasteiger partial charge in [0.25, 0.3) is 5.56 Å². The van der Waals surface area contributed by atoms with Crippen molar-refractivity contribution in [2.45, 2.75) is 51.0 Å². The summed E-state index contributed by atoms with van der Waals surface area (Å²) in [6, 6.07) is 5.92. The van der Waals surface area contributed by atoms with Crippen LogP contribution >= 0.6 is 0 Å². The highest BCUT2D eigenvalue weighted by Gasteiger charge is 2.35. The predicted octanol–water partition coefficient (Wildman–Crippen LogP) is 2.97. The van der Waals surface area contributed by atoms with Gasteiger partial charge in [0.2, 0.25) is 11.9 Å². The average molecular weight is 423 g/mol. The van der Waals surface area contributed by atoms with Crippen LogP contribution in [-0.4, -0.2) is 46.3 Å². The maximum Gasteiger partial charge on any atom is 0.322 e. The number of aromatic nitrogens is 4. The van der Waals surface area contributed by atoms with Crippen LogP contribution in [0.3, 0.4) is 0 Å². The molecule has 0 unspecified atom stereocenters. The molecule has 31 heavy (non-hydrogen) atoms. The fraction of sp³-hybridized carbons (Fsp3) is 0.565. The lowest BCUT2D eigenvalue weighted by molar-refractivity contribution is 0.279. The molecule has 5 rings (SSSR count). The Hall–Kier alpha value is -2.90. The molecule has 1 aliphatic carbocycles. The van der Waals surface area contributed by atoms with Crippen LogP contribution in [0.5, 0.6) is 6.01 Å². The van der Waals surface area contributed by atoms with E-state index in [1.165, 1.54) is 31.3 Å². The first-order valence-corrected chi connectivity index (χ1v) is 11.4. The number of hydrogen-bond acceptors (Lipinski definition) is 7. The second-order valence-corrected chi connectivity index (χ2v) is 8.83. The number of ether oxygens (including phenoxy) is 1. The molecule has 1 fully saturated rings. The zero-order chi connectivity index (χ0) is 21.2. The molecule has 2 aliphatic heterocycles. The van der Waals surface area contributed by atoms with Crippen LogP contribution in [0, 0.1) is 5.92 Å². The van der Waals surface area contributed by atoms with Crippen molar-refractivity contribution in [2.75, 3.05) is 37.0 Å². The van der Waals surface area contributed by atoms with Gasteiger partial charge in [-0.05, 0) is 50.5 Å². The fourth-order valence-electron chi connectivity index (χ4n) is 5.18. The van der Waals surface area contributed by atoms with Gasteiger partial charge in [0.1, 0.15) is 0 Å². The Morgan fingerprint density at radius 1 is 1.16 bits per heavy atom. The van der Waals surface area contributed by atoms with Crippen molar-refractivity contribution in [3.05, 3.63) is 45.9 Å². The minimum Gasteiger partial charge on any atom is -0.467 e. The molecule has 3 aliphatic rings. The molecule has 2 atom stereocenters. The molecular formula is C23H30N6O2. The zero-order valence-electron chi connectivity index (χ0n) is 18.1. The van der Waals surface area contributed by atoms with E-state index < -0.39 is 0 Å². The molecule has 0 radical (unpaired) electrons. The van der Waals surface area contributed by atoms with Crippen LogP contribution in [0.2, 0.25) is 0 Å². The Labute approximate surface area is 182 Å². The number of hydrogen-bond donors (Lipinski definition) is 1. The van der Waals surface area contributed by atoms with Gasteiger partial charge in [0.05, 0.1) is 7.11 Å². The molecule has 164 valence electrons. The molecule has 0 aromatic carbocycles. The lowest BCUT2D eigenvalue weighted by atomic mass is 9.83. The summed E-state index contributed by atoms with van der Waals surface area (Å²) in [5.41, 5.74) is 2.74. The summed E-state index contributed by atoms with van der Waals surface area (Å²) in [5.74, 6) is 1.92. The van der Waals surface area contributed by atoms with Gasteiger partial charge < -0.3 is 19.5 Å².